The van der Waals surface area contributed by atoms with Gasteiger partial charge in [0, 0.05) is 5.38 Å². The fourth-order valence-electron chi connectivity index (χ4n) is 2.98. The van der Waals surface area contributed by atoms with Gasteiger partial charge in [0.1, 0.15) is 12.1 Å². The molecule has 0 spiro atoms. The van der Waals surface area contributed by atoms with Crippen LogP contribution in [0.1, 0.15) is 12.5 Å². The molecule has 0 radical (unpaired) electrons. The number of benzene rings is 1. The van der Waals surface area contributed by atoms with Crippen LogP contribution in [0.2, 0.25) is 0 Å². The van der Waals surface area contributed by atoms with Gasteiger partial charge in [-0.3, -0.25) is 14.5 Å². The number of nitrogens with one attached hydrogen (secondary N) is 2. The van der Waals surface area contributed by atoms with Gasteiger partial charge in [0.25, 0.3) is 5.91 Å². The van der Waals surface area contributed by atoms with Gasteiger partial charge in [0.15, 0.2) is 5.13 Å². The minimum atomic E-state index is -1.19. The molecule has 1 fully saturated rings. The van der Waals surface area contributed by atoms with Crippen LogP contribution in [0.4, 0.5) is 9.93 Å². The standard InChI is InChI=1S/C19H16N4O3S2/c1-19(12-6-3-2-4-7-12)16(25)23(18(26)22-19)10-15(24)21-17-20-13(11-28-17)14-8-5-9-27-14/h2-9,11H,10H2,1H3,(H,22,26)(H,20,21,24). The maximum absolute atomic E-state index is 12.8. The van der Waals surface area contributed by atoms with Crippen LogP contribution in [0, 0.1) is 0 Å². The molecule has 4 amide bonds. The first-order valence-electron chi connectivity index (χ1n) is 8.46. The number of hydrogen-bond acceptors (Lipinski definition) is 6. The first-order chi connectivity index (χ1) is 13.5. The predicted molar refractivity (Wildman–Crippen MR) is 108 cm³/mol. The molecular formula is C19H16N4O3S2. The molecular weight excluding hydrogens is 396 g/mol. The molecule has 1 saturated heterocycles. The van der Waals surface area contributed by atoms with E-state index in [-0.39, 0.29) is 6.54 Å². The van der Waals surface area contributed by atoms with Gasteiger partial charge < -0.3 is 10.6 Å². The zero-order chi connectivity index (χ0) is 19.7. The number of urea groups is 1. The van der Waals surface area contributed by atoms with Crippen molar-refractivity contribution in [2.75, 3.05) is 11.9 Å². The molecule has 3 aromatic rings. The Morgan fingerprint density at radius 1 is 1.18 bits per heavy atom. The highest BCUT2D eigenvalue weighted by Crippen LogP contribution is 2.30. The smallest absolute Gasteiger partial charge is 0.319 e. The number of anilines is 1. The lowest BCUT2D eigenvalue weighted by Gasteiger charge is -2.21. The molecule has 2 N–H and O–H groups in total. The van der Waals surface area contributed by atoms with Crippen LogP contribution in [0.15, 0.2) is 53.2 Å². The molecule has 28 heavy (non-hydrogen) atoms. The third kappa shape index (κ3) is 3.30. The summed E-state index contributed by atoms with van der Waals surface area (Å²) in [6, 6.07) is 12.2. The Balaban J connectivity index is 1.45. The first-order valence-corrected chi connectivity index (χ1v) is 10.2. The molecule has 2 aromatic heterocycles. The summed E-state index contributed by atoms with van der Waals surface area (Å²) < 4.78 is 0. The minimum Gasteiger partial charge on any atom is -0.319 e. The molecule has 0 saturated carbocycles. The van der Waals surface area contributed by atoms with E-state index in [1.807, 2.05) is 29.0 Å². The van der Waals surface area contributed by atoms with Crippen LogP contribution in [0.25, 0.3) is 10.6 Å². The Hall–Kier alpha value is -3.04. The average Bonchev–Trinajstić information content (AvgIpc) is 3.41. The number of amides is 4. The molecule has 1 aromatic carbocycles. The fourth-order valence-corrected chi connectivity index (χ4v) is 4.47. The van der Waals surface area contributed by atoms with Crippen molar-refractivity contribution in [3.63, 3.8) is 0 Å². The molecule has 1 aliphatic rings. The Kier molecular flexibility index (Phi) is 4.70. The van der Waals surface area contributed by atoms with Gasteiger partial charge in [-0.1, -0.05) is 36.4 Å². The largest absolute Gasteiger partial charge is 0.325 e. The number of thiazole rings is 1. The summed E-state index contributed by atoms with van der Waals surface area (Å²) in [5.41, 5.74) is 0.255. The molecule has 142 valence electrons. The van der Waals surface area contributed by atoms with Crippen molar-refractivity contribution in [1.82, 2.24) is 15.2 Å². The Labute approximate surface area is 169 Å². The van der Waals surface area contributed by atoms with Crippen molar-refractivity contribution >= 4 is 45.7 Å². The number of aromatic nitrogens is 1. The Morgan fingerprint density at radius 2 is 1.96 bits per heavy atom. The molecule has 9 heteroatoms. The zero-order valence-corrected chi connectivity index (χ0v) is 16.5. The van der Waals surface area contributed by atoms with E-state index >= 15 is 0 Å². The van der Waals surface area contributed by atoms with Crippen LogP contribution >= 0.6 is 22.7 Å². The molecule has 0 bridgehead atoms. The van der Waals surface area contributed by atoms with E-state index in [4.69, 9.17) is 0 Å². The van der Waals surface area contributed by atoms with Crippen molar-refractivity contribution < 1.29 is 14.4 Å². The third-order valence-corrected chi connectivity index (χ3v) is 6.10. The van der Waals surface area contributed by atoms with Crippen molar-refractivity contribution in [2.24, 2.45) is 0 Å². The highest BCUT2D eigenvalue weighted by molar-refractivity contribution is 7.16. The Bertz CT molecular complexity index is 1030. The molecule has 4 rings (SSSR count). The second kappa shape index (κ2) is 7.17. The summed E-state index contributed by atoms with van der Waals surface area (Å²) in [6.07, 6.45) is 0. The normalized spacial score (nSPS) is 19.0. The molecule has 1 aliphatic heterocycles. The monoisotopic (exact) mass is 412 g/mol. The van der Waals surface area contributed by atoms with Crippen molar-refractivity contribution in [3.05, 3.63) is 58.8 Å². The number of rotatable bonds is 5. The van der Waals surface area contributed by atoms with Gasteiger partial charge in [-0.05, 0) is 23.9 Å². The van der Waals surface area contributed by atoms with E-state index in [0.717, 1.165) is 15.5 Å². The zero-order valence-electron chi connectivity index (χ0n) is 14.8. The van der Waals surface area contributed by atoms with Gasteiger partial charge in [-0.25, -0.2) is 9.78 Å². The van der Waals surface area contributed by atoms with Crippen LogP contribution in [0.3, 0.4) is 0 Å². The van der Waals surface area contributed by atoms with Gasteiger partial charge >= 0.3 is 6.03 Å². The van der Waals surface area contributed by atoms with Gasteiger partial charge in [0.05, 0.1) is 10.6 Å². The van der Waals surface area contributed by atoms with E-state index in [1.54, 1.807) is 42.5 Å². The SMILES string of the molecule is CC1(c2ccccc2)NC(=O)N(CC(=O)Nc2nc(-c3cccs3)cs2)C1=O. The van der Waals surface area contributed by atoms with Crippen LogP contribution in [-0.4, -0.2) is 34.3 Å². The van der Waals surface area contributed by atoms with Gasteiger partial charge in [-0.15, -0.1) is 22.7 Å². The van der Waals surface area contributed by atoms with Crippen molar-refractivity contribution in [2.45, 2.75) is 12.5 Å². The highest BCUT2D eigenvalue weighted by Gasteiger charge is 2.49. The van der Waals surface area contributed by atoms with Gasteiger partial charge in [0.2, 0.25) is 5.91 Å². The summed E-state index contributed by atoms with van der Waals surface area (Å²) >= 11 is 2.85. The molecule has 3 heterocycles. The van der Waals surface area contributed by atoms with Crippen LogP contribution < -0.4 is 10.6 Å². The van der Waals surface area contributed by atoms with E-state index in [1.165, 1.54) is 11.3 Å². The predicted octanol–water partition coefficient (Wildman–Crippen LogP) is 3.28. The maximum Gasteiger partial charge on any atom is 0.325 e. The summed E-state index contributed by atoms with van der Waals surface area (Å²) in [5.74, 6) is -0.940. The quantitative estimate of drug-likeness (QED) is 0.629. The van der Waals surface area contributed by atoms with Crippen LogP contribution in [-0.2, 0) is 15.1 Å². The van der Waals surface area contributed by atoms with Crippen LogP contribution in [0.5, 0.6) is 0 Å². The minimum absolute atomic E-state index is 0.374. The number of thiophene rings is 1. The topological polar surface area (TPSA) is 91.4 Å². The highest BCUT2D eigenvalue weighted by atomic mass is 32.1. The van der Waals surface area contributed by atoms with E-state index in [9.17, 15) is 14.4 Å². The summed E-state index contributed by atoms with van der Waals surface area (Å²) in [7, 11) is 0. The number of carbonyl (C=O) groups excluding carboxylic acids is 3. The summed E-state index contributed by atoms with van der Waals surface area (Å²) in [6.45, 7) is 1.26. The second-order valence-corrected chi connectivity index (χ2v) is 8.18. The maximum atomic E-state index is 12.8. The second-order valence-electron chi connectivity index (χ2n) is 6.38. The lowest BCUT2D eigenvalue weighted by atomic mass is 9.92. The van der Waals surface area contributed by atoms with E-state index in [2.05, 4.69) is 15.6 Å². The fraction of sp³-hybridized carbons (Fsp3) is 0.158. The summed E-state index contributed by atoms with van der Waals surface area (Å²) in [5, 5.41) is 9.57. The first kappa shape index (κ1) is 18.3. The number of nitrogens with zero attached hydrogens (tertiary/aromatic N) is 2. The number of imide groups is 1. The summed E-state index contributed by atoms with van der Waals surface area (Å²) in [4.78, 5) is 43.9. The lowest BCUT2D eigenvalue weighted by molar-refractivity contribution is -0.133. The number of hydrogen-bond donors (Lipinski definition) is 2. The molecule has 1 unspecified atom stereocenters. The third-order valence-electron chi connectivity index (χ3n) is 4.45. The molecule has 1 atom stereocenters. The van der Waals surface area contributed by atoms with Gasteiger partial charge in [-0.2, -0.15) is 0 Å². The lowest BCUT2D eigenvalue weighted by Crippen LogP contribution is -2.42. The van der Waals surface area contributed by atoms with E-state index in [0.29, 0.717) is 10.7 Å². The van der Waals surface area contributed by atoms with Crippen molar-refractivity contribution in [1.29, 1.82) is 0 Å². The molecule has 0 aliphatic carbocycles. The van der Waals surface area contributed by atoms with Crippen molar-refractivity contribution in [3.8, 4) is 10.6 Å². The van der Waals surface area contributed by atoms with E-state index < -0.39 is 23.4 Å². The molecule has 7 nitrogen and oxygen atoms in total. The number of carbonyl (C=O) groups is 3. The Morgan fingerprint density at radius 3 is 2.68 bits per heavy atom. The average molecular weight is 412 g/mol.